The van der Waals surface area contributed by atoms with Crippen LogP contribution in [0.15, 0.2) is 34.0 Å². The SMILES string of the molecule is [O-][o+]1pcc2ccccc21. The Balaban J connectivity index is 2.93. The molecule has 0 unspecified atom stereocenters. The van der Waals surface area contributed by atoms with Crippen LogP contribution >= 0.6 is 8.43 Å². The van der Waals surface area contributed by atoms with Gasteiger partial charge in [-0.25, -0.2) is 0 Å². The van der Waals surface area contributed by atoms with Gasteiger partial charge in [0.25, 0.3) is 5.58 Å². The number of fused-ring (bicyclic) bond motifs is 1. The summed E-state index contributed by atoms with van der Waals surface area (Å²) >= 11 is 0. The fourth-order valence-corrected chi connectivity index (χ4v) is 1.61. The van der Waals surface area contributed by atoms with Gasteiger partial charge in [-0.3, -0.25) is 0 Å². The molecular weight excluding hydrogens is 147 g/mol. The Bertz CT molecular complexity index is 353. The molecule has 50 valence electrons. The predicted molar refractivity (Wildman–Crippen MR) is 38.7 cm³/mol. The molecule has 0 aliphatic carbocycles. The molecule has 0 spiro atoms. The van der Waals surface area contributed by atoms with E-state index in [4.69, 9.17) is 0 Å². The second-order valence-electron chi connectivity index (χ2n) is 2.02. The lowest BCUT2D eigenvalue weighted by Crippen LogP contribution is -1.92. The molecule has 0 aliphatic rings. The Kier molecular flexibility index (Phi) is 1.15. The van der Waals surface area contributed by atoms with Crippen LogP contribution in [0, 0.1) is 0 Å². The lowest BCUT2D eigenvalue weighted by molar-refractivity contribution is -0.662. The Morgan fingerprint density at radius 3 is 2.90 bits per heavy atom. The standard InChI is InChI=1S/C7H5O2P/c8-9-7-4-2-1-3-6(7)5-10-9/h1-5H. The summed E-state index contributed by atoms with van der Waals surface area (Å²) in [5, 5.41) is 11.9. The van der Waals surface area contributed by atoms with Crippen molar-refractivity contribution in [3.05, 3.63) is 30.1 Å². The van der Waals surface area contributed by atoms with Gasteiger partial charge in [-0.1, -0.05) is 12.1 Å². The van der Waals surface area contributed by atoms with E-state index >= 15 is 0 Å². The Morgan fingerprint density at radius 2 is 2.10 bits per heavy atom. The van der Waals surface area contributed by atoms with Crippen LogP contribution in [-0.4, -0.2) is 0 Å². The normalized spacial score (nSPS) is 11.2. The van der Waals surface area contributed by atoms with Crippen molar-refractivity contribution in [2.75, 3.05) is 0 Å². The van der Waals surface area contributed by atoms with E-state index in [1.807, 2.05) is 24.0 Å². The summed E-state index contributed by atoms with van der Waals surface area (Å²) in [7, 11) is 0.642. The summed E-state index contributed by atoms with van der Waals surface area (Å²) in [6.07, 6.45) is 0. The van der Waals surface area contributed by atoms with Crippen molar-refractivity contribution in [1.29, 1.82) is 0 Å². The van der Waals surface area contributed by atoms with Crippen molar-refractivity contribution >= 4 is 19.4 Å². The molecule has 0 fully saturated rings. The maximum Gasteiger partial charge on any atom is 0.359 e. The molecule has 0 atom stereocenters. The third-order valence-corrected chi connectivity index (χ3v) is 2.17. The van der Waals surface area contributed by atoms with Crippen LogP contribution in [0.3, 0.4) is 0 Å². The van der Waals surface area contributed by atoms with Gasteiger partial charge in [0.05, 0.1) is 11.2 Å². The summed E-state index contributed by atoms with van der Waals surface area (Å²) in [6, 6.07) is 7.49. The van der Waals surface area contributed by atoms with Crippen LogP contribution in [0.25, 0.3) is 11.0 Å². The second kappa shape index (κ2) is 1.99. The molecule has 2 nitrogen and oxygen atoms in total. The van der Waals surface area contributed by atoms with E-state index in [0.717, 1.165) is 5.39 Å². The van der Waals surface area contributed by atoms with Crippen molar-refractivity contribution in [2.24, 2.45) is 0 Å². The van der Waals surface area contributed by atoms with Gasteiger partial charge >= 0.3 is 8.43 Å². The average Bonchev–Trinajstić information content (AvgIpc) is 2.34. The van der Waals surface area contributed by atoms with Crippen LogP contribution in [0.5, 0.6) is 0 Å². The topological polar surface area (TPSA) is 25.8 Å². The predicted octanol–water partition coefficient (Wildman–Crippen LogP) is 1.82. The summed E-state index contributed by atoms with van der Waals surface area (Å²) in [5.41, 5.74) is 0.698. The minimum absolute atomic E-state index is 0.642. The van der Waals surface area contributed by atoms with Gasteiger partial charge in [0.2, 0.25) is 0 Å². The van der Waals surface area contributed by atoms with E-state index in [1.54, 1.807) is 10.0 Å². The van der Waals surface area contributed by atoms with Crippen LogP contribution < -0.4 is 5.26 Å². The lowest BCUT2D eigenvalue weighted by Gasteiger charge is -1.96. The summed E-state index contributed by atoms with van der Waals surface area (Å²) in [5.74, 6) is 1.87. The maximum atomic E-state index is 10.9. The highest BCUT2D eigenvalue weighted by molar-refractivity contribution is 7.23. The van der Waals surface area contributed by atoms with Crippen molar-refractivity contribution < 1.29 is 9.24 Å². The van der Waals surface area contributed by atoms with Crippen molar-refractivity contribution in [1.82, 2.24) is 0 Å². The second-order valence-corrected chi connectivity index (χ2v) is 2.82. The van der Waals surface area contributed by atoms with Gasteiger partial charge in [0.1, 0.15) is 0 Å². The minimum atomic E-state index is 0.642. The molecular formula is C7H5O2P. The Hall–Kier alpha value is -1.01. The fraction of sp³-hybridized carbons (Fsp3) is 0. The van der Waals surface area contributed by atoms with Crippen LogP contribution in [0.2, 0.25) is 0 Å². The molecule has 0 amide bonds. The molecule has 0 saturated heterocycles. The van der Waals surface area contributed by atoms with Crippen LogP contribution in [0.4, 0.5) is 0 Å². The molecule has 3 heteroatoms. The number of rotatable bonds is 0. The van der Waals surface area contributed by atoms with E-state index in [9.17, 15) is 5.26 Å². The Morgan fingerprint density at radius 1 is 1.30 bits per heavy atom. The van der Waals surface area contributed by atoms with E-state index in [1.165, 1.54) is 0 Å². The summed E-state index contributed by atoms with van der Waals surface area (Å²) in [4.78, 5) is 0. The average molecular weight is 152 g/mol. The number of hydrogen-bond acceptors (Lipinski definition) is 1. The van der Waals surface area contributed by atoms with Crippen molar-refractivity contribution in [3.63, 3.8) is 0 Å². The van der Waals surface area contributed by atoms with Gasteiger partial charge in [-0.15, -0.1) is 0 Å². The van der Waals surface area contributed by atoms with Gasteiger partial charge in [-0.2, -0.15) is 0 Å². The summed E-state index contributed by atoms with van der Waals surface area (Å²) in [6.45, 7) is 0. The van der Waals surface area contributed by atoms with E-state index in [2.05, 4.69) is 0 Å². The highest BCUT2D eigenvalue weighted by Crippen LogP contribution is 2.24. The molecule has 0 aliphatic heterocycles. The quantitative estimate of drug-likeness (QED) is 0.417. The summed E-state index contributed by atoms with van der Waals surface area (Å²) < 4.78 is 1.72. The van der Waals surface area contributed by atoms with E-state index in [-0.39, 0.29) is 0 Å². The van der Waals surface area contributed by atoms with E-state index < -0.39 is 0 Å². The maximum absolute atomic E-state index is 10.9. The highest BCUT2D eigenvalue weighted by atomic mass is 31.1. The molecule has 2 rings (SSSR count). The zero-order valence-corrected chi connectivity index (χ0v) is 6.04. The van der Waals surface area contributed by atoms with Crippen LogP contribution in [-0.2, 0) is 0 Å². The number of hydrogen-bond donors (Lipinski definition) is 0. The first-order valence-corrected chi connectivity index (χ1v) is 3.81. The zero-order chi connectivity index (χ0) is 6.97. The van der Waals surface area contributed by atoms with Gasteiger partial charge in [0.15, 0.2) is 0 Å². The third kappa shape index (κ3) is 0.695. The molecule has 1 aromatic heterocycles. The minimum Gasteiger partial charge on any atom is -0.555 e. The molecule has 2 aromatic rings. The fourth-order valence-electron chi connectivity index (χ4n) is 0.908. The largest absolute Gasteiger partial charge is 0.555 e. The highest BCUT2D eigenvalue weighted by Gasteiger charge is 2.02. The smallest absolute Gasteiger partial charge is 0.359 e. The third-order valence-electron chi connectivity index (χ3n) is 1.39. The van der Waals surface area contributed by atoms with Crippen molar-refractivity contribution in [3.8, 4) is 0 Å². The van der Waals surface area contributed by atoms with Gasteiger partial charge in [0, 0.05) is 6.07 Å². The first kappa shape index (κ1) is 5.75. The first-order valence-electron chi connectivity index (χ1n) is 2.93. The first-order chi connectivity index (χ1) is 4.88. The van der Waals surface area contributed by atoms with Gasteiger partial charge < -0.3 is 9.24 Å². The lowest BCUT2D eigenvalue weighted by atomic mass is 10.3. The molecule has 0 N–H and O–H groups in total. The zero-order valence-electron chi connectivity index (χ0n) is 5.15. The molecule has 0 radical (unpaired) electrons. The number of para-hydroxylation sites is 1. The molecule has 1 heterocycles. The molecule has 1 aromatic carbocycles. The Labute approximate surface area is 59.5 Å². The van der Waals surface area contributed by atoms with Crippen LogP contribution in [0.1, 0.15) is 0 Å². The molecule has 0 bridgehead atoms. The molecule has 10 heavy (non-hydrogen) atoms. The van der Waals surface area contributed by atoms with E-state index in [0.29, 0.717) is 14.0 Å². The monoisotopic (exact) mass is 152 g/mol. The molecule has 0 saturated carbocycles. The number of benzene rings is 1. The van der Waals surface area contributed by atoms with Crippen molar-refractivity contribution in [2.45, 2.75) is 0 Å². The van der Waals surface area contributed by atoms with Gasteiger partial charge in [-0.05, 0) is 6.07 Å².